The van der Waals surface area contributed by atoms with Gasteiger partial charge in [-0.3, -0.25) is 14.5 Å². The average Bonchev–Trinajstić information content (AvgIpc) is 3.35. The molecule has 1 aliphatic rings. The van der Waals surface area contributed by atoms with Gasteiger partial charge in [-0.2, -0.15) is 0 Å². The SMILES string of the molecule is Cc1cc(N2C(=O)c3oc4c(ccc5ccccc54)c(=O)c3[C@H]2c2ccccc2F)no1. The lowest BCUT2D eigenvalue weighted by atomic mass is 9.97. The number of benzene rings is 3. The third kappa shape index (κ3) is 2.48. The molecule has 0 unspecified atom stereocenters. The van der Waals surface area contributed by atoms with E-state index in [4.69, 9.17) is 8.94 Å². The van der Waals surface area contributed by atoms with E-state index in [9.17, 15) is 14.0 Å². The number of amides is 1. The monoisotopic (exact) mass is 426 g/mol. The molecular weight excluding hydrogens is 411 g/mol. The summed E-state index contributed by atoms with van der Waals surface area (Å²) in [4.78, 5) is 28.5. The summed E-state index contributed by atoms with van der Waals surface area (Å²) in [5, 5.41) is 5.87. The number of anilines is 1. The summed E-state index contributed by atoms with van der Waals surface area (Å²) in [5.41, 5.74) is 0.207. The Labute approximate surface area is 180 Å². The van der Waals surface area contributed by atoms with E-state index in [1.54, 1.807) is 37.3 Å². The van der Waals surface area contributed by atoms with Gasteiger partial charge in [0.15, 0.2) is 11.2 Å². The molecule has 0 fully saturated rings. The Balaban J connectivity index is 1.71. The Hall–Kier alpha value is -4.26. The molecule has 2 aromatic heterocycles. The molecule has 5 aromatic rings. The molecule has 32 heavy (non-hydrogen) atoms. The zero-order valence-corrected chi connectivity index (χ0v) is 16.8. The molecule has 0 bridgehead atoms. The minimum absolute atomic E-state index is 0.0866. The van der Waals surface area contributed by atoms with Gasteiger partial charge in [-0.1, -0.05) is 53.7 Å². The van der Waals surface area contributed by atoms with Crippen LogP contribution in [0.3, 0.4) is 0 Å². The Morgan fingerprint density at radius 2 is 1.75 bits per heavy atom. The Bertz CT molecular complexity index is 1620. The molecule has 7 heteroatoms. The predicted molar refractivity (Wildman–Crippen MR) is 116 cm³/mol. The summed E-state index contributed by atoms with van der Waals surface area (Å²) in [6, 6.07) is 17.5. The first-order valence-electron chi connectivity index (χ1n) is 10.0. The van der Waals surface area contributed by atoms with Crippen LogP contribution in [0.4, 0.5) is 10.2 Å². The summed E-state index contributed by atoms with van der Waals surface area (Å²) < 4.78 is 26.1. The zero-order valence-electron chi connectivity index (χ0n) is 16.8. The fraction of sp³-hybridized carbons (Fsp3) is 0.0800. The van der Waals surface area contributed by atoms with Crippen LogP contribution >= 0.6 is 0 Å². The largest absolute Gasteiger partial charge is 0.450 e. The fourth-order valence-electron chi connectivity index (χ4n) is 4.39. The lowest BCUT2D eigenvalue weighted by Crippen LogP contribution is -2.30. The molecular formula is C25H15FN2O4. The van der Waals surface area contributed by atoms with Gasteiger partial charge in [-0.05, 0) is 24.4 Å². The highest BCUT2D eigenvalue weighted by atomic mass is 19.1. The van der Waals surface area contributed by atoms with Crippen LogP contribution in [0.25, 0.3) is 21.7 Å². The molecule has 1 atom stereocenters. The predicted octanol–water partition coefficient (Wildman–Crippen LogP) is 5.13. The number of nitrogens with zero attached hydrogens (tertiary/aromatic N) is 2. The van der Waals surface area contributed by atoms with Gasteiger partial charge in [0.05, 0.1) is 17.0 Å². The van der Waals surface area contributed by atoms with Crippen LogP contribution < -0.4 is 10.3 Å². The maximum Gasteiger partial charge on any atom is 0.296 e. The Morgan fingerprint density at radius 3 is 2.53 bits per heavy atom. The molecule has 0 spiro atoms. The number of aromatic nitrogens is 1. The minimum Gasteiger partial charge on any atom is -0.450 e. The zero-order chi connectivity index (χ0) is 22.0. The molecule has 0 aliphatic carbocycles. The summed E-state index contributed by atoms with van der Waals surface area (Å²) in [6.45, 7) is 1.69. The van der Waals surface area contributed by atoms with E-state index < -0.39 is 17.8 Å². The smallest absolute Gasteiger partial charge is 0.296 e. The number of hydrogen-bond acceptors (Lipinski definition) is 5. The van der Waals surface area contributed by atoms with Crippen molar-refractivity contribution >= 4 is 33.5 Å². The van der Waals surface area contributed by atoms with Gasteiger partial charge >= 0.3 is 0 Å². The van der Waals surface area contributed by atoms with E-state index in [2.05, 4.69) is 5.16 Å². The third-order valence-corrected chi connectivity index (χ3v) is 5.82. The van der Waals surface area contributed by atoms with Gasteiger partial charge in [0.25, 0.3) is 5.91 Å². The molecule has 3 aromatic carbocycles. The summed E-state index contributed by atoms with van der Waals surface area (Å²) in [5.74, 6) is -0.574. The van der Waals surface area contributed by atoms with E-state index in [0.717, 1.165) is 10.8 Å². The van der Waals surface area contributed by atoms with E-state index in [0.29, 0.717) is 16.7 Å². The first kappa shape index (κ1) is 18.5. The molecule has 0 saturated heterocycles. The van der Waals surface area contributed by atoms with Crippen molar-refractivity contribution in [2.75, 3.05) is 4.90 Å². The number of fused-ring (bicyclic) bond motifs is 4. The van der Waals surface area contributed by atoms with Crippen LogP contribution in [0.15, 0.2) is 80.5 Å². The minimum atomic E-state index is -1.03. The molecule has 0 radical (unpaired) electrons. The number of hydrogen-bond donors (Lipinski definition) is 0. The fourth-order valence-corrected chi connectivity index (χ4v) is 4.39. The van der Waals surface area contributed by atoms with Crippen LogP contribution in [-0.2, 0) is 0 Å². The number of halogens is 1. The number of aryl methyl sites for hydroxylation is 1. The molecule has 0 N–H and O–H groups in total. The molecule has 156 valence electrons. The number of rotatable bonds is 2. The highest BCUT2D eigenvalue weighted by molar-refractivity contribution is 6.12. The Kier molecular flexibility index (Phi) is 3.83. The molecule has 6 rings (SSSR count). The summed E-state index contributed by atoms with van der Waals surface area (Å²) >= 11 is 0. The standard InChI is InChI=1S/C25H15FN2O4/c1-13-12-19(27-32-13)28-21(16-8-4-5-9-18(16)26)20-22(29)17-11-10-14-6-2-3-7-15(14)23(17)31-24(20)25(28)30/h2-12,21H,1H3/t21-/m1/s1. The summed E-state index contributed by atoms with van der Waals surface area (Å²) in [6.07, 6.45) is 0. The van der Waals surface area contributed by atoms with E-state index >= 15 is 0 Å². The Morgan fingerprint density at radius 1 is 0.969 bits per heavy atom. The molecule has 6 nitrogen and oxygen atoms in total. The van der Waals surface area contributed by atoms with E-state index in [1.165, 1.54) is 11.0 Å². The lowest BCUT2D eigenvalue weighted by molar-refractivity contribution is 0.0969. The van der Waals surface area contributed by atoms with Crippen molar-refractivity contribution in [3.05, 3.63) is 105 Å². The van der Waals surface area contributed by atoms with Crippen LogP contribution in [0.1, 0.15) is 33.5 Å². The van der Waals surface area contributed by atoms with Crippen molar-refractivity contribution in [2.45, 2.75) is 13.0 Å². The van der Waals surface area contributed by atoms with Gasteiger partial charge in [0, 0.05) is 17.0 Å². The van der Waals surface area contributed by atoms with Crippen LogP contribution in [0.2, 0.25) is 0 Å². The van der Waals surface area contributed by atoms with Gasteiger partial charge in [-0.25, -0.2) is 4.39 Å². The second kappa shape index (κ2) is 6.62. The van der Waals surface area contributed by atoms with Gasteiger partial charge in [0.2, 0.25) is 5.76 Å². The average molecular weight is 426 g/mol. The van der Waals surface area contributed by atoms with Crippen molar-refractivity contribution < 1.29 is 18.1 Å². The normalized spacial score (nSPS) is 15.6. The highest BCUT2D eigenvalue weighted by Gasteiger charge is 2.45. The van der Waals surface area contributed by atoms with Crippen molar-refractivity contribution in [3.8, 4) is 0 Å². The first-order chi connectivity index (χ1) is 15.5. The van der Waals surface area contributed by atoms with Crippen molar-refractivity contribution in [1.29, 1.82) is 0 Å². The van der Waals surface area contributed by atoms with Crippen LogP contribution in [0, 0.1) is 12.7 Å². The maximum atomic E-state index is 14.9. The molecule has 1 aliphatic heterocycles. The molecule has 3 heterocycles. The number of carbonyl (C=O) groups is 1. The third-order valence-electron chi connectivity index (χ3n) is 5.82. The van der Waals surface area contributed by atoms with Gasteiger partial charge < -0.3 is 8.94 Å². The second-order valence-electron chi connectivity index (χ2n) is 7.73. The quantitative estimate of drug-likeness (QED) is 0.366. The molecule has 1 amide bonds. The van der Waals surface area contributed by atoms with Crippen molar-refractivity contribution in [2.24, 2.45) is 0 Å². The maximum absolute atomic E-state index is 14.9. The lowest BCUT2D eigenvalue weighted by Gasteiger charge is -2.22. The molecule has 0 saturated carbocycles. The number of carbonyl (C=O) groups excluding carboxylic acids is 1. The van der Waals surface area contributed by atoms with Crippen LogP contribution in [0.5, 0.6) is 0 Å². The highest BCUT2D eigenvalue weighted by Crippen LogP contribution is 2.42. The topological polar surface area (TPSA) is 76.6 Å². The van der Waals surface area contributed by atoms with Crippen molar-refractivity contribution in [1.82, 2.24) is 5.16 Å². The second-order valence-corrected chi connectivity index (χ2v) is 7.73. The van der Waals surface area contributed by atoms with E-state index in [1.807, 2.05) is 30.3 Å². The van der Waals surface area contributed by atoms with Gasteiger partial charge in [-0.15, -0.1) is 0 Å². The van der Waals surface area contributed by atoms with Crippen molar-refractivity contribution in [3.63, 3.8) is 0 Å². The van der Waals surface area contributed by atoms with Gasteiger partial charge in [0.1, 0.15) is 17.2 Å². The first-order valence-corrected chi connectivity index (χ1v) is 10.0. The summed E-state index contributed by atoms with van der Waals surface area (Å²) in [7, 11) is 0. The van der Waals surface area contributed by atoms with Crippen LogP contribution in [-0.4, -0.2) is 11.1 Å². The van der Waals surface area contributed by atoms with E-state index in [-0.39, 0.29) is 28.1 Å².